The molecule has 2 aromatic rings. The summed E-state index contributed by atoms with van der Waals surface area (Å²) in [5, 5.41) is 8.20. The van der Waals surface area contributed by atoms with Crippen LogP contribution in [0.4, 0.5) is 8.78 Å². The van der Waals surface area contributed by atoms with Crippen LogP contribution >= 0.6 is 0 Å². The van der Waals surface area contributed by atoms with Crippen molar-refractivity contribution in [1.82, 2.24) is 19.3 Å². The lowest BCUT2D eigenvalue weighted by Crippen LogP contribution is -2.46. The monoisotopic (exact) mass is 398 g/mol. The molecule has 146 valence electrons. The first kappa shape index (κ1) is 18.5. The number of nitrogens with zero attached hydrogens (tertiary/aromatic N) is 4. The molecule has 4 rings (SSSR count). The highest BCUT2D eigenvalue weighted by Crippen LogP contribution is 2.43. The van der Waals surface area contributed by atoms with E-state index >= 15 is 0 Å². The van der Waals surface area contributed by atoms with Crippen LogP contribution < -0.4 is 0 Å². The average Bonchev–Trinajstić information content (AvgIpc) is 3.17. The van der Waals surface area contributed by atoms with Gasteiger partial charge in [-0.1, -0.05) is 5.21 Å². The Morgan fingerprint density at radius 2 is 1.74 bits per heavy atom. The minimum atomic E-state index is -3.96. The summed E-state index contributed by atoms with van der Waals surface area (Å²) in [6.07, 6.45) is 4.43. The van der Waals surface area contributed by atoms with Gasteiger partial charge in [0.15, 0.2) is 0 Å². The maximum atomic E-state index is 13.5. The molecule has 0 spiro atoms. The third kappa shape index (κ3) is 3.37. The van der Waals surface area contributed by atoms with Crippen molar-refractivity contribution in [2.45, 2.75) is 55.3 Å². The zero-order chi connectivity index (χ0) is 19.2. The van der Waals surface area contributed by atoms with E-state index in [1.54, 1.807) is 11.8 Å². The van der Waals surface area contributed by atoms with Gasteiger partial charge in [-0.25, -0.2) is 21.9 Å². The lowest BCUT2D eigenvalue weighted by atomic mass is 10.00. The molecule has 1 aromatic heterocycles. The van der Waals surface area contributed by atoms with Crippen molar-refractivity contribution in [3.05, 3.63) is 41.7 Å². The molecule has 2 bridgehead atoms. The Kier molecular flexibility index (Phi) is 4.73. The number of hydrogen-bond acceptors (Lipinski definition) is 5. The van der Waals surface area contributed by atoms with Crippen LogP contribution in [0.2, 0.25) is 0 Å². The Hall–Kier alpha value is -1.91. The minimum Gasteiger partial charge on any atom is -0.378 e. The average molecular weight is 398 g/mol. The van der Waals surface area contributed by atoms with Gasteiger partial charge in [-0.2, -0.15) is 4.31 Å². The summed E-state index contributed by atoms with van der Waals surface area (Å²) in [4.78, 5) is -0.335. The first-order chi connectivity index (χ1) is 12.9. The summed E-state index contributed by atoms with van der Waals surface area (Å²) in [6, 6.07) is 2.01. The predicted octanol–water partition coefficient (Wildman–Crippen LogP) is 2.26. The molecular formula is C17H20F2N4O3S. The highest BCUT2D eigenvalue weighted by molar-refractivity contribution is 7.89. The molecule has 0 N–H and O–H groups in total. The van der Waals surface area contributed by atoms with Crippen LogP contribution in [0.15, 0.2) is 29.3 Å². The smallest absolute Gasteiger partial charge is 0.243 e. The van der Waals surface area contributed by atoms with Crippen LogP contribution in [0.3, 0.4) is 0 Å². The maximum absolute atomic E-state index is 13.5. The Balaban J connectivity index is 1.58. The lowest BCUT2D eigenvalue weighted by Gasteiger charge is -2.37. The van der Waals surface area contributed by atoms with Crippen molar-refractivity contribution >= 4 is 10.0 Å². The normalized spacial score (nSPS) is 25.8. The van der Waals surface area contributed by atoms with Gasteiger partial charge in [-0.3, -0.25) is 0 Å². The third-order valence-electron chi connectivity index (χ3n) is 5.28. The van der Waals surface area contributed by atoms with Crippen LogP contribution in [0.25, 0.3) is 0 Å². The molecule has 7 nitrogen and oxygen atoms in total. The SMILES string of the molecule is COCc1cn(C2CC3CCC(C2)N3S(=O)(=O)c2cc(F)cc(F)c2)nn1. The Labute approximate surface area is 156 Å². The van der Waals surface area contributed by atoms with E-state index in [4.69, 9.17) is 4.74 Å². The number of halogens is 2. The van der Waals surface area contributed by atoms with Crippen LogP contribution in [0.5, 0.6) is 0 Å². The molecule has 0 amide bonds. The fraction of sp³-hybridized carbons (Fsp3) is 0.529. The molecule has 2 aliphatic rings. The second kappa shape index (κ2) is 6.92. The van der Waals surface area contributed by atoms with E-state index in [9.17, 15) is 17.2 Å². The van der Waals surface area contributed by atoms with Crippen molar-refractivity contribution in [3.8, 4) is 0 Å². The molecule has 27 heavy (non-hydrogen) atoms. The number of rotatable bonds is 5. The van der Waals surface area contributed by atoms with Gasteiger partial charge in [0.25, 0.3) is 0 Å². The fourth-order valence-electron chi connectivity index (χ4n) is 4.22. The number of sulfonamides is 1. The second-order valence-electron chi connectivity index (χ2n) is 7.07. The molecule has 2 unspecified atom stereocenters. The summed E-state index contributed by atoms with van der Waals surface area (Å²) in [6.45, 7) is 0.366. The van der Waals surface area contributed by atoms with E-state index in [2.05, 4.69) is 10.3 Å². The largest absolute Gasteiger partial charge is 0.378 e. The molecule has 1 aromatic carbocycles. The van der Waals surface area contributed by atoms with E-state index < -0.39 is 21.7 Å². The number of aromatic nitrogens is 3. The summed E-state index contributed by atoms with van der Waals surface area (Å²) in [5.74, 6) is -1.80. The standard InChI is InChI=1S/C17H20F2N4O3S/c1-26-10-13-9-22(21-20-13)16-7-14-2-3-15(8-16)23(14)27(24,25)17-5-11(18)4-12(19)6-17/h4-6,9,14-16H,2-3,7-8,10H2,1H3. The van der Waals surface area contributed by atoms with E-state index in [1.807, 2.05) is 6.20 Å². The Bertz CT molecular complexity index is 915. The topological polar surface area (TPSA) is 77.3 Å². The molecule has 0 aliphatic carbocycles. The predicted molar refractivity (Wildman–Crippen MR) is 91.2 cm³/mol. The van der Waals surface area contributed by atoms with Gasteiger partial charge in [0.1, 0.15) is 17.3 Å². The summed E-state index contributed by atoms with van der Waals surface area (Å²) in [5.41, 5.74) is 0.718. The van der Waals surface area contributed by atoms with Gasteiger partial charge in [-0.05, 0) is 37.8 Å². The van der Waals surface area contributed by atoms with Crippen LogP contribution in [-0.4, -0.2) is 46.9 Å². The maximum Gasteiger partial charge on any atom is 0.243 e. The van der Waals surface area contributed by atoms with Crippen LogP contribution in [0.1, 0.15) is 37.4 Å². The van der Waals surface area contributed by atoms with Crippen LogP contribution in [0, 0.1) is 11.6 Å². The number of methoxy groups -OCH3 is 1. The van der Waals surface area contributed by atoms with Crippen molar-refractivity contribution in [2.24, 2.45) is 0 Å². The fourth-order valence-corrected chi connectivity index (χ4v) is 6.15. The molecule has 0 saturated carbocycles. The van der Waals surface area contributed by atoms with Crippen LogP contribution in [-0.2, 0) is 21.4 Å². The third-order valence-corrected chi connectivity index (χ3v) is 7.26. The van der Waals surface area contributed by atoms with Gasteiger partial charge in [0, 0.05) is 25.3 Å². The van der Waals surface area contributed by atoms with E-state index in [1.165, 1.54) is 4.31 Å². The first-order valence-electron chi connectivity index (χ1n) is 8.78. The summed E-state index contributed by atoms with van der Waals surface area (Å²) < 4.78 is 61.4. The van der Waals surface area contributed by atoms with E-state index in [-0.39, 0.29) is 23.0 Å². The highest BCUT2D eigenvalue weighted by atomic mass is 32.2. The van der Waals surface area contributed by atoms with Gasteiger partial charge in [0.05, 0.1) is 23.7 Å². The van der Waals surface area contributed by atoms with Crippen molar-refractivity contribution in [2.75, 3.05) is 7.11 Å². The zero-order valence-corrected chi connectivity index (χ0v) is 15.6. The zero-order valence-electron chi connectivity index (χ0n) is 14.8. The highest BCUT2D eigenvalue weighted by Gasteiger charge is 2.48. The van der Waals surface area contributed by atoms with Gasteiger partial charge in [-0.15, -0.1) is 5.10 Å². The van der Waals surface area contributed by atoms with Gasteiger partial charge < -0.3 is 4.74 Å². The minimum absolute atomic E-state index is 0.0382. The molecular weight excluding hydrogens is 378 g/mol. The summed E-state index contributed by atoms with van der Waals surface area (Å²) >= 11 is 0. The molecule has 2 aliphatic heterocycles. The number of fused-ring (bicyclic) bond motifs is 2. The first-order valence-corrected chi connectivity index (χ1v) is 10.2. The molecule has 0 radical (unpaired) electrons. The van der Waals surface area contributed by atoms with E-state index in [0.717, 1.165) is 30.7 Å². The number of benzene rings is 1. The summed E-state index contributed by atoms with van der Waals surface area (Å²) in [7, 11) is -2.38. The van der Waals surface area contributed by atoms with E-state index in [0.29, 0.717) is 25.5 Å². The van der Waals surface area contributed by atoms with Gasteiger partial charge in [0.2, 0.25) is 10.0 Å². The van der Waals surface area contributed by atoms with Gasteiger partial charge >= 0.3 is 0 Å². The molecule has 2 atom stereocenters. The van der Waals surface area contributed by atoms with Crippen molar-refractivity contribution in [1.29, 1.82) is 0 Å². The van der Waals surface area contributed by atoms with Crippen molar-refractivity contribution in [3.63, 3.8) is 0 Å². The molecule has 2 fully saturated rings. The second-order valence-corrected chi connectivity index (χ2v) is 8.92. The number of piperidine rings is 1. The van der Waals surface area contributed by atoms with Crippen molar-refractivity contribution < 1.29 is 21.9 Å². The number of ether oxygens (including phenoxy) is 1. The quantitative estimate of drug-likeness (QED) is 0.772. The number of hydrogen-bond donors (Lipinski definition) is 0. The molecule has 10 heteroatoms. The molecule has 2 saturated heterocycles. The lowest BCUT2D eigenvalue weighted by molar-refractivity contribution is 0.180. The Morgan fingerprint density at radius 3 is 2.33 bits per heavy atom. The molecule has 3 heterocycles. The Morgan fingerprint density at radius 1 is 1.11 bits per heavy atom.